The molecule has 0 spiro atoms. The fourth-order valence-corrected chi connectivity index (χ4v) is 1.68. The van der Waals surface area contributed by atoms with E-state index in [0.29, 0.717) is 6.54 Å². The molecule has 1 aliphatic heterocycles. The summed E-state index contributed by atoms with van der Waals surface area (Å²) >= 11 is 0. The maximum atomic E-state index is 11.2. The smallest absolute Gasteiger partial charge is 0.309 e. The van der Waals surface area contributed by atoms with Crippen LogP contribution in [0.1, 0.15) is 20.3 Å². The first kappa shape index (κ1) is 9.03. The molecule has 1 saturated heterocycles. The van der Waals surface area contributed by atoms with E-state index in [0.717, 1.165) is 0 Å². The zero-order chi connectivity index (χ0) is 9.30. The number of carbonyl (C=O) groups is 2. The van der Waals surface area contributed by atoms with E-state index in [2.05, 4.69) is 0 Å². The maximum Gasteiger partial charge on any atom is 0.309 e. The number of carbonyl (C=O) groups excluding carboxylic acids is 1. The number of rotatable bonds is 2. The summed E-state index contributed by atoms with van der Waals surface area (Å²) in [6, 6.07) is -0.153. The molecule has 0 aliphatic carbocycles. The van der Waals surface area contributed by atoms with Crippen LogP contribution in [-0.4, -0.2) is 34.5 Å². The highest BCUT2D eigenvalue weighted by atomic mass is 16.4. The molecular weight excluding hydrogens is 158 g/mol. The van der Waals surface area contributed by atoms with Crippen molar-refractivity contribution in [3.63, 3.8) is 0 Å². The lowest BCUT2D eigenvalue weighted by atomic mass is 10.0. The number of carboxylic acid groups (broad SMARTS) is 1. The first-order valence-corrected chi connectivity index (χ1v) is 4.10. The van der Waals surface area contributed by atoms with Crippen LogP contribution in [0, 0.1) is 5.92 Å². The quantitative estimate of drug-likeness (QED) is 0.651. The van der Waals surface area contributed by atoms with Gasteiger partial charge < -0.3 is 10.0 Å². The second kappa shape index (κ2) is 3.13. The highest BCUT2D eigenvalue weighted by molar-refractivity contribution is 5.86. The molecule has 0 bridgehead atoms. The van der Waals surface area contributed by atoms with Gasteiger partial charge in [0.25, 0.3) is 0 Å². The topological polar surface area (TPSA) is 57.6 Å². The van der Waals surface area contributed by atoms with Gasteiger partial charge in [-0.25, -0.2) is 0 Å². The van der Waals surface area contributed by atoms with Crippen molar-refractivity contribution >= 4 is 11.9 Å². The lowest BCUT2D eigenvalue weighted by molar-refractivity contribution is -0.142. The van der Waals surface area contributed by atoms with Gasteiger partial charge in [0.2, 0.25) is 5.91 Å². The minimum atomic E-state index is -0.869. The van der Waals surface area contributed by atoms with Crippen LogP contribution < -0.4 is 0 Å². The van der Waals surface area contributed by atoms with Crippen LogP contribution in [0.5, 0.6) is 0 Å². The Labute approximate surface area is 71.2 Å². The van der Waals surface area contributed by atoms with Gasteiger partial charge in [0.1, 0.15) is 0 Å². The summed E-state index contributed by atoms with van der Waals surface area (Å²) < 4.78 is 0. The van der Waals surface area contributed by atoms with Crippen LogP contribution in [0.4, 0.5) is 0 Å². The summed E-state index contributed by atoms with van der Waals surface area (Å²) in [5.41, 5.74) is 0. The molecule has 1 aliphatic rings. The fourth-order valence-electron chi connectivity index (χ4n) is 1.68. The Balaban J connectivity index is 2.75. The number of hydrogen-bond acceptors (Lipinski definition) is 2. The van der Waals surface area contributed by atoms with Crippen molar-refractivity contribution in [1.82, 2.24) is 4.90 Å². The number of likely N-dealkylation sites (tertiary alicyclic amines) is 1. The lowest BCUT2D eigenvalue weighted by Crippen LogP contribution is -2.34. The molecule has 1 rings (SSSR count). The summed E-state index contributed by atoms with van der Waals surface area (Å²) in [4.78, 5) is 23.4. The zero-order valence-electron chi connectivity index (χ0n) is 7.28. The Kier molecular flexibility index (Phi) is 2.35. The number of carboxylic acids is 1. The van der Waals surface area contributed by atoms with E-state index >= 15 is 0 Å². The zero-order valence-corrected chi connectivity index (χ0v) is 7.28. The summed E-state index contributed by atoms with van der Waals surface area (Å²) in [6.45, 7) is 4.25. The van der Waals surface area contributed by atoms with Gasteiger partial charge in [-0.15, -0.1) is 0 Å². The molecule has 0 radical (unpaired) electrons. The van der Waals surface area contributed by atoms with Crippen LogP contribution >= 0.6 is 0 Å². The highest BCUT2D eigenvalue weighted by Crippen LogP contribution is 2.24. The third-order valence-corrected chi connectivity index (χ3v) is 2.45. The van der Waals surface area contributed by atoms with Crippen LogP contribution in [0.25, 0.3) is 0 Å². The summed E-state index contributed by atoms with van der Waals surface area (Å²) in [6.07, 6.45) is 0.157. The van der Waals surface area contributed by atoms with E-state index in [1.165, 1.54) is 0 Å². The second-order valence-electron chi connectivity index (χ2n) is 3.07. The number of aliphatic carboxylic acids is 1. The van der Waals surface area contributed by atoms with Gasteiger partial charge in [0.05, 0.1) is 5.92 Å². The molecule has 0 aromatic heterocycles. The Morgan fingerprint density at radius 1 is 1.75 bits per heavy atom. The van der Waals surface area contributed by atoms with Crippen LogP contribution in [0.3, 0.4) is 0 Å². The first-order chi connectivity index (χ1) is 5.57. The molecule has 1 amide bonds. The van der Waals surface area contributed by atoms with E-state index in [1.54, 1.807) is 11.8 Å². The Hall–Kier alpha value is -1.06. The van der Waals surface area contributed by atoms with Gasteiger partial charge in [-0.05, 0) is 13.8 Å². The third-order valence-electron chi connectivity index (χ3n) is 2.45. The van der Waals surface area contributed by atoms with Crippen molar-refractivity contribution in [1.29, 1.82) is 0 Å². The van der Waals surface area contributed by atoms with E-state index in [1.807, 2.05) is 6.92 Å². The molecule has 1 fully saturated rings. The number of amides is 1. The van der Waals surface area contributed by atoms with Crippen molar-refractivity contribution in [2.75, 3.05) is 6.54 Å². The molecule has 0 aromatic rings. The standard InChI is InChI=1S/C8H13NO3/c1-3-9-5(2)6(8(11)12)4-7(9)10/h5-6H,3-4H2,1-2H3,(H,11,12). The molecular formula is C8H13NO3. The van der Waals surface area contributed by atoms with Crippen molar-refractivity contribution in [2.45, 2.75) is 26.3 Å². The van der Waals surface area contributed by atoms with Crippen LogP contribution in [0.2, 0.25) is 0 Å². The maximum absolute atomic E-state index is 11.2. The van der Waals surface area contributed by atoms with Crippen molar-refractivity contribution in [3.05, 3.63) is 0 Å². The molecule has 1 heterocycles. The molecule has 0 saturated carbocycles. The molecule has 12 heavy (non-hydrogen) atoms. The van der Waals surface area contributed by atoms with Crippen molar-refractivity contribution in [3.8, 4) is 0 Å². The number of hydrogen-bond donors (Lipinski definition) is 1. The van der Waals surface area contributed by atoms with Gasteiger partial charge in [0.15, 0.2) is 0 Å². The van der Waals surface area contributed by atoms with Gasteiger partial charge in [0, 0.05) is 19.0 Å². The molecule has 68 valence electrons. The van der Waals surface area contributed by atoms with Crippen molar-refractivity contribution in [2.24, 2.45) is 5.92 Å². The second-order valence-corrected chi connectivity index (χ2v) is 3.07. The van der Waals surface area contributed by atoms with E-state index in [4.69, 9.17) is 5.11 Å². The van der Waals surface area contributed by atoms with E-state index in [9.17, 15) is 9.59 Å². The first-order valence-electron chi connectivity index (χ1n) is 4.10. The number of nitrogens with zero attached hydrogens (tertiary/aromatic N) is 1. The average molecular weight is 171 g/mol. The largest absolute Gasteiger partial charge is 0.481 e. The van der Waals surface area contributed by atoms with Crippen molar-refractivity contribution < 1.29 is 14.7 Å². The summed E-state index contributed by atoms with van der Waals surface area (Å²) in [5, 5.41) is 8.74. The van der Waals surface area contributed by atoms with Gasteiger partial charge in [-0.3, -0.25) is 9.59 Å². The molecule has 0 aromatic carbocycles. The van der Waals surface area contributed by atoms with E-state index < -0.39 is 11.9 Å². The van der Waals surface area contributed by atoms with Gasteiger partial charge in [-0.2, -0.15) is 0 Å². The predicted molar refractivity (Wildman–Crippen MR) is 42.6 cm³/mol. The molecule has 2 atom stereocenters. The normalized spacial score (nSPS) is 29.5. The highest BCUT2D eigenvalue weighted by Gasteiger charge is 2.39. The fraction of sp³-hybridized carbons (Fsp3) is 0.750. The molecule has 4 heteroatoms. The molecule has 1 N–H and O–H groups in total. The van der Waals surface area contributed by atoms with Crippen LogP contribution in [-0.2, 0) is 9.59 Å². The Morgan fingerprint density at radius 3 is 2.58 bits per heavy atom. The summed E-state index contributed by atoms with van der Waals surface area (Å²) in [5.74, 6) is -1.43. The molecule has 4 nitrogen and oxygen atoms in total. The molecule has 2 unspecified atom stereocenters. The monoisotopic (exact) mass is 171 g/mol. The van der Waals surface area contributed by atoms with E-state index in [-0.39, 0.29) is 18.4 Å². The average Bonchev–Trinajstić information content (AvgIpc) is 2.27. The summed E-state index contributed by atoms with van der Waals surface area (Å²) in [7, 11) is 0. The Morgan fingerprint density at radius 2 is 2.33 bits per heavy atom. The van der Waals surface area contributed by atoms with Gasteiger partial charge in [-0.1, -0.05) is 0 Å². The van der Waals surface area contributed by atoms with Gasteiger partial charge >= 0.3 is 5.97 Å². The minimum Gasteiger partial charge on any atom is -0.481 e. The third kappa shape index (κ3) is 1.29. The lowest BCUT2D eigenvalue weighted by Gasteiger charge is -2.20. The minimum absolute atomic E-state index is 0.0441. The SMILES string of the molecule is CCN1C(=O)CC(C(=O)O)C1C. The van der Waals surface area contributed by atoms with Crippen LogP contribution in [0.15, 0.2) is 0 Å². The Bertz CT molecular complexity index is 214. The predicted octanol–water partition coefficient (Wildman–Crippen LogP) is 0.328.